The molecular formula is C10H13N3. The molecule has 0 amide bonds. The van der Waals surface area contributed by atoms with Gasteiger partial charge in [0.15, 0.2) is 0 Å². The number of hydrogen-bond acceptors (Lipinski definition) is 3. The van der Waals surface area contributed by atoms with Gasteiger partial charge in [-0.15, -0.1) is 0 Å². The van der Waals surface area contributed by atoms with E-state index in [1.54, 1.807) is 12.1 Å². The lowest BCUT2D eigenvalue weighted by molar-refractivity contribution is 0.919. The monoisotopic (exact) mass is 175 g/mol. The standard InChI is InChI=1S/C10H13N3/c1-2-3-7-4-9(12)10(13)5-8(7)6-11/h4-5H,2-3,12-13H2,1H3. The van der Waals surface area contributed by atoms with E-state index in [0.717, 1.165) is 18.4 Å². The van der Waals surface area contributed by atoms with Crippen molar-refractivity contribution in [2.24, 2.45) is 0 Å². The normalized spacial score (nSPS) is 9.54. The van der Waals surface area contributed by atoms with Crippen molar-refractivity contribution in [2.75, 3.05) is 11.5 Å². The van der Waals surface area contributed by atoms with Gasteiger partial charge in [0, 0.05) is 0 Å². The van der Waals surface area contributed by atoms with E-state index in [0.29, 0.717) is 16.9 Å². The Kier molecular flexibility index (Phi) is 2.76. The molecular weight excluding hydrogens is 162 g/mol. The van der Waals surface area contributed by atoms with Crippen LogP contribution in [-0.2, 0) is 6.42 Å². The first kappa shape index (κ1) is 9.40. The fraction of sp³-hybridized carbons (Fsp3) is 0.300. The van der Waals surface area contributed by atoms with Crippen LogP contribution in [0.2, 0.25) is 0 Å². The lowest BCUT2D eigenvalue weighted by atomic mass is 10.0. The molecule has 0 fully saturated rings. The van der Waals surface area contributed by atoms with E-state index in [-0.39, 0.29) is 0 Å². The van der Waals surface area contributed by atoms with Gasteiger partial charge >= 0.3 is 0 Å². The number of nitrogens with two attached hydrogens (primary N) is 2. The maximum Gasteiger partial charge on any atom is 0.0995 e. The molecule has 0 aliphatic rings. The summed E-state index contributed by atoms with van der Waals surface area (Å²) in [4.78, 5) is 0. The third-order valence-electron chi connectivity index (χ3n) is 1.95. The van der Waals surface area contributed by atoms with E-state index in [1.807, 2.05) is 0 Å². The third-order valence-corrected chi connectivity index (χ3v) is 1.95. The number of anilines is 2. The summed E-state index contributed by atoms with van der Waals surface area (Å²) in [6.45, 7) is 2.06. The van der Waals surface area contributed by atoms with Crippen LogP contribution in [0.1, 0.15) is 24.5 Å². The molecule has 0 aliphatic carbocycles. The van der Waals surface area contributed by atoms with E-state index in [4.69, 9.17) is 16.7 Å². The fourth-order valence-corrected chi connectivity index (χ4v) is 1.26. The molecule has 0 aliphatic heterocycles. The lowest BCUT2D eigenvalue weighted by Gasteiger charge is -2.06. The van der Waals surface area contributed by atoms with Crippen molar-refractivity contribution in [1.29, 1.82) is 5.26 Å². The Bertz CT molecular complexity index is 350. The van der Waals surface area contributed by atoms with Crippen LogP contribution in [0.3, 0.4) is 0 Å². The summed E-state index contributed by atoms with van der Waals surface area (Å²) in [5.41, 5.74) is 13.9. The van der Waals surface area contributed by atoms with Crippen LogP contribution >= 0.6 is 0 Å². The summed E-state index contributed by atoms with van der Waals surface area (Å²) in [5, 5.41) is 8.81. The molecule has 3 heteroatoms. The first-order chi connectivity index (χ1) is 6.19. The van der Waals surface area contributed by atoms with Gasteiger partial charge in [-0.2, -0.15) is 5.26 Å². The summed E-state index contributed by atoms with van der Waals surface area (Å²) >= 11 is 0. The number of nitrogen functional groups attached to an aromatic ring is 2. The summed E-state index contributed by atoms with van der Waals surface area (Å²) in [5.74, 6) is 0. The molecule has 0 saturated carbocycles. The zero-order valence-electron chi connectivity index (χ0n) is 7.67. The maximum absolute atomic E-state index is 8.81. The minimum Gasteiger partial charge on any atom is -0.397 e. The van der Waals surface area contributed by atoms with Crippen molar-refractivity contribution in [2.45, 2.75) is 19.8 Å². The number of hydrogen-bond donors (Lipinski definition) is 2. The largest absolute Gasteiger partial charge is 0.397 e. The second kappa shape index (κ2) is 3.81. The van der Waals surface area contributed by atoms with Crippen LogP contribution in [0.25, 0.3) is 0 Å². The van der Waals surface area contributed by atoms with Gasteiger partial charge in [0.25, 0.3) is 0 Å². The summed E-state index contributed by atoms with van der Waals surface area (Å²) in [7, 11) is 0. The topological polar surface area (TPSA) is 75.8 Å². The number of aryl methyl sites for hydroxylation is 1. The van der Waals surface area contributed by atoms with Gasteiger partial charge in [0.1, 0.15) is 0 Å². The Balaban J connectivity index is 3.18. The number of rotatable bonds is 2. The second-order valence-corrected chi connectivity index (χ2v) is 3.00. The highest BCUT2D eigenvalue weighted by atomic mass is 14.7. The Morgan fingerprint density at radius 2 is 1.92 bits per heavy atom. The molecule has 0 bridgehead atoms. The minimum absolute atomic E-state index is 0.483. The first-order valence-electron chi connectivity index (χ1n) is 4.27. The zero-order chi connectivity index (χ0) is 9.84. The van der Waals surface area contributed by atoms with E-state index >= 15 is 0 Å². The molecule has 0 aromatic heterocycles. The maximum atomic E-state index is 8.81. The molecule has 0 atom stereocenters. The van der Waals surface area contributed by atoms with E-state index in [2.05, 4.69) is 13.0 Å². The van der Waals surface area contributed by atoms with Crippen LogP contribution < -0.4 is 11.5 Å². The fourth-order valence-electron chi connectivity index (χ4n) is 1.26. The van der Waals surface area contributed by atoms with Gasteiger partial charge in [0.2, 0.25) is 0 Å². The summed E-state index contributed by atoms with van der Waals surface area (Å²) < 4.78 is 0. The first-order valence-corrected chi connectivity index (χ1v) is 4.27. The number of benzene rings is 1. The average Bonchev–Trinajstić information content (AvgIpc) is 2.11. The van der Waals surface area contributed by atoms with Gasteiger partial charge in [0.05, 0.1) is 23.0 Å². The molecule has 3 nitrogen and oxygen atoms in total. The van der Waals surface area contributed by atoms with Crippen LogP contribution in [0, 0.1) is 11.3 Å². The van der Waals surface area contributed by atoms with E-state index in [1.165, 1.54) is 0 Å². The molecule has 0 heterocycles. The highest BCUT2D eigenvalue weighted by Crippen LogP contribution is 2.21. The highest BCUT2D eigenvalue weighted by Gasteiger charge is 2.04. The van der Waals surface area contributed by atoms with Gasteiger partial charge in [-0.3, -0.25) is 0 Å². The molecule has 0 spiro atoms. The quantitative estimate of drug-likeness (QED) is 0.671. The van der Waals surface area contributed by atoms with Crippen LogP contribution in [0.5, 0.6) is 0 Å². The predicted octanol–water partition coefficient (Wildman–Crippen LogP) is 1.68. The molecule has 13 heavy (non-hydrogen) atoms. The lowest BCUT2D eigenvalue weighted by Crippen LogP contribution is -1.99. The van der Waals surface area contributed by atoms with Crippen LogP contribution in [0.4, 0.5) is 11.4 Å². The summed E-state index contributed by atoms with van der Waals surface area (Å²) in [6.07, 6.45) is 1.87. The van der Waals surface area contributed by atoms with Crippen LogP contribution in [0.15, 0.2) is 12.1 Å². The molecule has 1 aromatic rings. The Labute approximate surface area is 78.0 Å². The number of nitriles is 1. The van der Waals surface area contributed by atoms with Crippen LogP contribution in [-0.4, -0.2) is 0 Å². The smallest absolute Gasteiger partial charge is 0.0995 e. The highest BCUT2D eigenvalue weighted by molar-refractivity contribution is 5.67. The molecule has 0 saturated heterocycles. The molecule has 1 aromatic carbocycles. The molecule has 68 valence electrons. The van der Waals surface area contributed by atoms with E-state index in [9.17, 15) is 0 Å². The van der Waals surface area contributed by atoms with Crippen molar-refractivity contribution in [3.05, 3.63) is 23.3 Å². The minimum atomic E-state index is 0.483. The average molecular weight is 175 g/mol. The zero-order valence-corrected chi connectivity index (χ0v) is 7.67. The van der Waals surface area contributed by atoms with Gasteiger partial charge in [-0.25, -0.2) is 0 Å². The van der Waals surface area contributed by atoms with Gasteiger partial charge in [-0.1, -0.05) is 13.3 Å². The Morgan fingerprint density at radius 1 is 1.31 bits per heavy atom. The second-order valence-electron chi connectivity index (χ2n) is 3.00. The number of nitrogens with zero attached hydrogens (tertiary/aromatic N) is 1. The molecule has 0 radical (unpaired) electrons. The Hall–Kier alpha value is -1.69. The predicted molar refractivity (Wildman–Crippen MR) is 54.0 cm³/mol. The molecule has 0 unspecified atom stereocenters. The van der Waals surface area contributed by atoms with Crippen molar-refractivity contribution in [3.63, 3.8) is 0 Å². The van der Waals surface area contributed by atoms with Crippen molar-refractivity contribution in [3.8, 4) is 6.07 Å². The van der Waals surface area contributed by atoms with Gasteiger partial charge < -0.3 is 11.5 Å². The van der Waals surface area contributed by atoms with Crippen molar-refractivity contribution in [1.82, 2.24) is 0 Å². The van der Waals surface area contributed by atoms with Crippen molar-refractivity contribution >= 4 is 11.4 Å². The SMILES string of the molecule is CCCc1cc(N)c(N)cc1C#N. The summed E-state index contributed by atoms with van der Waals surface area (Å²) in [6, 6.07) is 5.54. The molecule has 1 rings (SSSR count). The third kappa shape index (κ3) is 1.91. The van der Waals surface area contributed by atoms with Gasteiger partial charge in [-0.05, 0) is 24.1 Å². The van der Waals surface area contributed by atoms with Crippen molar-refractivity contribution < 1.29 is 0 Å². The Morgan fingerprint density at radius 3 is 2.46 bits per heavy atom. The van der Waals surface area contributed by atoms with E-state index < -0.39 is 0 Å². The molecule has 4 N–H and O–H groups in total.